The topological polar surface area (TPSA) is 12.9 Å². The van der Waals surface area contributed by atoms with E-state index in [-0.39, 0.29) is 4.47 Å². The molecule has 0 saturated heterocycles. The molecule has 0 saturated carbocycles. The van der Waals surface area contributed by atoms with Crippen molar-refractivity contribution < 1.29 is 8.78 Å². The number of rotatable bonds is 2. The third kappa shape index (κ3) is 2.19. The molecule has 1 rings (SSSR count). The van der Waals surface area contributed by atoms with Crippen molar-refractivity contribution in [3.05, 3.63) is 22.0 Å². The fourth-order valence-electron chi connectivity index (χ4n) is 0.466. The van der Waals surface area contributed by atoms with Gasteiger partial charge in [0.15, 0.2) is 4.47 Å². The molecule has 0 atom stereocenters. The summed E-state index contributed by atoms with van der Waals surface area (Å²) in [6, 6.07) is 0. The van der Waals surface area contributed by atoms with E-state index in [1.165, 1.54) is 6.20 Å². The third-order valence-electron chi connectivity index (χ3n) is 0.786. The number of hydrogen-bond donors (Lipinski definition) is 0. The highest BCUT2D eigenvalue weighted by molar-refractivity contribution is 7.15. The van der Waals surface area contributed by atoms with Crippen LogP contribution in [0.5, 0.6) is 0 Å². The van der Waals surface area contributed by atoms with Gasteiger partial charge in [-0.3, -0.25) is 0 Å². The largest absolute Gasteiger partial charge is 0.247 e. The van der Waals surface area contributed by atoms with E-state index in [9.17, 15) is 8.78 Å². The summed E-state index contributed by atoms with van der Waals surface area (Å²) in [6.45, 7) is 0. The summed E-state index contributed by atoms with van der Waals surface area (Å²) in [4.78, 5) is 3.99. The quantitative estimate of drug-likeness (QED) is 0.685. The van der Waals surface area contributed by atoms with E-state index in [1.807, 2.05) is 0 Å². The van der Waals surface area contributed by atoms with Crippen molar-refractivity contribution in [3.63, 3.8) is 0 Å². The van der Waals surface area contributed by atoms with Crippen LogP contribution in [0.4, 0.5) is 8.78 Å². The molecule has 0 spiro atoms. The highest BCUT2D eigenvalue weighted by atomic mass is 35.5. The van der Waals surface area contributed by atoms with Gasteiger partial charge in [0.25, 0.3) is 0 Å². The Morgan fingerprint density at radius 2 is 2.40 bits per heavy atom. The van der Waals surface area contributed by atoms with E-state index in [0.29, 0.717) is 4.88 Å². The zero-order chi connectivity index (χ0) is 7.56. The van der Waals surface area contributed by atoms with Crippen LogP contribution >= 0.6 is 22.9 Å². The molecule has 0 aliphatic heterocycles. The van der Waals surface area contributed by atoms with Crippen LogP contribution in [0.1, 0.15) is 4.88 Å². The van der Waals surface area contributed by atoms with Gasteiger partial charge >= 0.3 is 0 Å². The number of nitrogens with zero attached hydrogens (tertiary/aromatic N) is 1. The van der Waals surface area contributed by atoms with Crippen molar-refractivity contribution in [2.45, 2.75) is 6.43 Å². The summed E-state index contributed by atoms with van der Waals surface area (Å²) in [7, 11) is 0. The molecule has 1 radical (unpaired) electrons. The van der Waals surface area contributed by atoms with Gasteiger partial charge in [0, 0.05) is 11.1 Å². The molecule has 0 aliphatic carbocycles. The van der Waals surface area contributed by atoms with Crippen LogP contribution in [0.2, 0.25) is 4.47 Å². The maximum absolute atomic E-state index is 11.6. The summed E-state index contributed by atoms with van der Waals surface area (Å²) in [6.07, 6.45) is -0.306. The van der Waals surface area contributed by atoms with Crippen LogP contribution in [0.15, 0.2) is 6.20 Å². The smallest absolute Gasteiger partial charge is 0.233 e. The van der Waals surface area contributed by atoms with E-state index >= 15 is 0 Å². The Morgan fingerprint density at radius 3 is 2.80 bits per heavy atom. The third-order valence-corrected chi connectivity index (χ3v) is 1.87. The molecule has 0 aliphatic rings. The lowest BCUT2D eigenvalue weighted by molar-refractivity contribution is 0.189. The molecule has 0 N–H and O–H groups in total. The van der Waals surface area contributed by atoms with Gasteiger partial charge in [-0.1, -0.05) is 11.6 Å². The summed E-state index contributed by atoms with van der Waals surface area (Å²) in [5.41, 5.74) is 0. The van der Waals surface area contributed by atoms with Crippen LogP contribution in [-0.4, -0.2) is 11.4 Å². The first-order chi connectivity index (χ1) is 4.68. The molecular formula is C5H3ClF2NS. The van der Waals surface area contributed by atoms with E-state index in [4.69, 9.17) is 11.6 Å². The molecule has 0 amide bonds. The van der Waals surface area contributed by atoms with E-state index in [2.05, 4.69) is 4.98 Å². The lowest BCUT2D eigenvalue weighted by Crippen LogP contribution is -1.89. The number of halogens is 3. The molecule has 1 heterocycles. The first kappa shape index (κ1) is 7.88. The summed E-state index contributed by atoms with van der Waals surface area (Å²) in [5, 5.41) is 0. The van der Waals surface area contributed by atoms with Gasteiger partial charge in [-0.15, -0.1) is 11.3 Å². The normalized spacial score (nSPS) is 10.8. The lowest BCUT2D eigenvalue weighted by atomic mass is 10.4. The number of hydrogen-bond acceptors (Lipinski definition) is 2. The lowest BCUT2D eigenvalue weighted by Gasteiger charge is -1.89. The first-order valence-electron chi connectivity index (χ1n) is 2.43. The van der Waals surface area contributed by atoms with Gasteiger partial charge < -0.3 is 0 Å². The second-order valence-corrected chi connectivity index (χ2v) is 3.16. The Morgan fingerprint density at radius 1 is 1.70 bits per heavy atom. The Bertz CT molecular complexity index is 213. The standard InChI is InChI=1S/C5H3ClF2NS/c6-5-9-2-3(10-5)1-4(7)8/h1-2,4H. The minimum absolute atomic E-state index is 0.284. The van der Waals surface area contributed by atoms with Crippen molar-refractivity contribution >= 4 is 22.9 Å². The SMILES string of the molecule is FC(F)[CH]c1cnc(Cl)s1. The first-order valence-corrected chi connectivity index (χ1v) is 3.62. The second-order valence-electron chi connectivity index (χ2n) is 1.52. The zero-order valence-electron chi connectivity index (χ0n) is 4.72. The van der Waals surface area contributed by atoms with E-state index < -0.39 is 6.43 Å². The molecule has 1 aromatic heterocycles. The highest BCUT2D eigenvalue weighted by Gasteiger charge is 2.07. The molecule has 0 fully saturated rings. The van der Waals surface area contributed by atoms with Gasteiger partial charge in [-0.25, -0.2) is 13.8 Å². The van der Waals surface area contributed by atoms with Crippen molar-refractivity contribution in [2.24, 2.45) is 0 Å². The molecule has 55 valence electrons. The maximum atomic E-state index is 11.6. The van der Waals surface area contributed by atoms with Crippen molar-refractivity contribution in [1.82, 2.24) is 4.98 Å². The van der Waals surface area contributed by atoms with Gasteiger partial charge in [-0.05, 0) is 0 Å². The van der Waals surface area contributed by atoms with Crippen LogP contribution in [-0.2, 0) is 0 Å². The minimum Gasteiger partial charge on any atom is -0.233 e. The molecule has 0 aromatic carbocycles. The Hall–Kier alpha value is -0.220. The summed E-state index contributed by atoms with van der Waals surface area (Å²) < 4.78 is 23.5. The molecule has 10 heavy (non-hydrogen) atoms. The van der Waals surface area contributed by atoms with Gasteiger partial charge in [0.1, 0.15) is 0 Å². The molecular weight excluding hydrogens is 180 g/mol. The molecule has 1 nitrogen and oxygen atoms in total. The van der Waals surface area contributed by atoms with E-state index in [0.717, 1.165) is 17.8 Å². The number of aromatic nitrogens is 1. The average Bonchev–Trinajstić information content (AvgIpc) is 2.13. The zero-order valence-corrected chi connectivity index (χ0v) is 6.29. The van der Waals surface area contributed by atoms with Crippen LogP contribution < -0.4 is 0 Å². The molecule has 0 unspecified atom stereocenters. The Kier molecular flexibility index (Phi) is 2.56. The summed E-state index contributed by atoms with van der Waals surface area (Å²) in [5.74, 6) is 0. The second kappa shape index (κ2) is 3.25. The Labute approximate surface area is 65.7 Å². The van der Waals surface area contributed by atoms with Gasteiger partial charge in [-0.2, -0.15) is 0 Å². The fraction of sp³-hybridized carbons (Fsp3) is 0.200. The van der Waals surface area contributed by atoms with Crippen molar-refractivity contribution in [1.29, 1.82) is 0 Å². The average molecular weight is 183 g/mol. The van der Waals surface area contributed by atoms with Crippen molar-refractivity contribution in [3.8, 4) is 0 Å². The van der Waals surface area contributed by atoms with Gasteiger partial charge in [0.2, 0.25) is 6.43 Å². The van der Waals surface area contributed by atoms with Crippen LogP contribution in [0.3, 0.4) is 0 Å². The minimum atomic E-state index is -2.43. The predicted octanol–water partition coefficient (Wildman–Crippen LogP) is 2.61. The maximum Gasteiger partial charge on any atom is 0.247 e. The monoisotopic (exact) mass is 182 g/mol. The highest BCUT2D eigenvalue weighted by Crippen LogP contribution is 2.21. The Balaban J connectivity index is 2.58. The number of thiazole rings is 1. The molecule has 0 bridgehead atoms. The van der Waals surface area contributed by atoms with Crippen LogP contribution in [0, 0.1) is 6.42 Å². The van der Waals surface area contributed by atoms with Crippen molar-refractivity contribution in [2.75, 3.05) is 0 Å². The van der Waals surface area contributed by atoms with Gasteiger partial charge in [0.05, 0.1) is 6.42 Å². The summed E-state index contributed by atoms with van der Waals surface area (Å²) >= 11 is 6.42. The predicted molar refractivity (Wildman–Crippen MR) is 36.5 cm³/mol. The van der Waals surface area contributed by atoms with E-state index in [1.54, 1.807) is 0 Å². The molecule has 1 aromatic rings. The molecule has 5 heteroatoms. The van der Waals surface area contributed by atoms with Crippen LogP contribution in [0.25, 0.3) is 0 Å². The number of alkyl halides is 2. The fourth-order valence-corrected chi connectivity index (χ4v) is 1.36.